The predicted octanol–water partition coefficient (Wildman–Crippen LogP) is 3.11. The number of benzene rings is 1. The summed E-state index contributed by atoms with van der Waals surface area (Å²) in [4.78, 5) is 10.4. The molecule has 1 rings (SSSR count). The third-order valence-electron chi connectivity index (χ3n) is 1.67. The molecule has 1 aromatic carbocycles. The number of hydrogen-bond acceptors (Lipinski definition) is 1. The summed E-state index contributed by atoms with van der Waals surface area (Å²) in [5.41, 5.74) is 0.532. The van der Waals surface area contributed by atoms with E-state index in [1.54, 1.807) is 6.07 Å². The maximum Gasteiger partial charge on any atom is 0.338 e. The standard InChI is InChI=1S/C9H9FO2.C2H6/c1-2-6-3-4-7(9(11)12)8(10)5-6;1-2/h3-5H,2H2,1H3,(H,11,12);1-2H3. The van der Waals surface area contributed by atoms with Crippen molar-refractivity contribution in [2.45, 2.75) is 27.2 Å². The lowest BCUT2D eigenvalue weighted by Crippen LogP contribution is -2.00. The molecule has 0 bridgehead atoms. The van der Waals surface area contributed by atoms with E-state index in [4.69, 9.17) is 5.11 Å². The minimum Gasteiger partial charge on any atom is -0.478 e. The van der Waals surface area contributed by atoms with Crippen molar-refractivity contribution in [2.24, 2.45) is 0 Å². The molecule has 0 amide bonds. The normalized spacial score (nSPS) is 8.86. The number of aromatic carboxylic acids is 1. The smallest absolute Gasteiger partial charge is 0.338 e. The Balaban J connectivity index is 0.000000791. The summed E-state index contributed by atoms with van der Waals surface area (Å²) in [5.74, 6) is -1.89. The summed E-state index contributed by atoms with van der Waals surface area (Å²) in [6.45, 7) is 5.88. The number of aryl methyl sites for hydroxylation is 1. The maximum atomic E-state index is 12.9. The maximum absolute atomic E-state index is 12.9. The van der Waals surface area contributed by atoms with E-state index in [1.165, 1.54) is 12.1 Å². The van der Waals surface area contributed by atoms with Crippen LogP contribution >= 0.6 is 0 Å². The van der Waals surface area contributed by atoms with E-state index in [9.17, 15) is 9.18 Å². The highest BCUT2D eigenvalue weighted by Crippen LogP contribution is 2.10. The average molecular weight is 198 g/mol. The van der Waals surface area contributed by atoms with Crippen molar-refractivity contribution in [3.05, 3.63) is 35.1 Å². The van der Waals surface area contributed by atoms with Gasteiger partial charge in [0.05, 0.1) is 5.56 Å². The second-order valence-corrected chi connectivity index (χ2v) is 2.47. The van der Waals surface area contributed by atoms with E-state index >= 15 is 0 Å². The number of carboxylic acid groups (broad SMARTS) is 1. The van der Waals surface area contributed by atoms with Gasteiger partial charge < -0.3 is 5.11 Å². The van der Waals surface area contributed by atoms with Gasteiger partial charge in [0.2, 0.25) is 0 Å². The first-order valence-corrected chi connectivity index (χ1v) is 4.67. The van der Waals surface area contributed by atoms with Crippen molar-refractivity contribution in [3.8, 4) is 0 Å². The van der Waals surface area contributed by atoms with E-state index in [0.29, 0.717) is 6.42 Å². The van der Waals surface area contributed by atoms with Crippen molar-refractivity contribution < 1.29 is 14.3 Å². The molecule has 1 aromatic rings. The Kier molecular flexibility index (Phi) is 5.53. The van der Waals surface area contributed by atoms with Gasteiger partial charge in [0.25, 0.3) is 0 Å². The molecule has 14 heavy (non-hydrogen) atoms. The number of halogens is 1. The molecule has 0 radical (unpaired) electrons. The number of carboxylic acids is 1. The third kappa shape index (κ3) is 3.17. The lowest BCUT2D eigenvalue weighted by atomic mass is 10.1. The first-order valence-electron chi connectivity index (χ1n) is 4.67. The zero-order valence-electron chi connectivity index (χ0n) is 8.67. The molecule has 0 fully saturated rings. The van der Waals surface area contributed by atoms with Crippen LogP contribution in [0.4, 0.5) is 4.39 Å². The van der Waals surface area contributed by atoms with Crippen LogP contribution in [0.15, 0.2) is 18.2 Å². The highest BCUT2D eigenvalue weighted by molar-refractivity contribution is 5.87. The van der Waals surface area contributed by atoms with E-state index in [-0.39, 0.29) is 5.56 Å². The summed E-state index contributed by atoms with van der Waals surface area (Å²) in [7, 11) is 0. The summed E-state index contributed by atoms with van der Waals surface area (Å²) in [5, 5.41) is 8.49. The Morgan fingerprint density at radius 3 is 2.36 bits per heavy atom. The Hall–Kier alpha value is -1.38. The van der Waals surface area contributed by atoms with E-state index in [2.05, 4.69) is 0 Å². The van der Waals surface area contributed by atoms with Gasteiger partial charge in [0, 0.05) is 0 Å². The Morgan fingerprint density at radius 2 is 2.00 bits per heavy atom. The van der Waals surface area contributed by atoms with Crippen molar-refractivity contribution in [1.29, 1.82) is 0 Å². The van der Waals surface area contributed by atoms with Crippen molar-refractivity contribution in [2.75, 3.05) is 0 Å². The molecule has 0 aliphatic carbocycles. The highest BCUT2D eigenvalue weighted by atomic mass is 19.1. The first-order chi connectivity index (χ1) is 6.65. The first kappa shape index (κ1) is 12.6. The van der Waals surface area contributed by atoms with Crippen LogP contribution in [-0.2, 0) is 6.42 Å². The molecular formula is C11H15FO2. The molecule has 2 nitrogen and oxygen atoms in total. The molecule has 0 aliphatic heterocycles. The van der Waals surface area contributed by atoms with Crippen LogP contribution in [0.1, 0.15) is 36.7 Å². The molecule has 0 spiro atoms. The van der Waals surface area contributed by atoms with E-state index in [0.717, 1.165) is 5.56 Å². The van der Waals surface area contributed by atoms with Crippen molar-refractivity contribution in [3.63, 3.8) is 0 Å². The lowest BCUT2D eigenvalue weighted by Gasteiger charge is -1.99. The monoisotopic (exact) mass is 198 g/mol. The van der Waals surface area contributed by atoms with Crippen LogP contribution in [0, 0.1) is 5.82 Å². The van der Waals surface area contributed by atoms with E-state index < -0.39 is 11.8 Å². The molecule has 0 saturated carbocycles. The molecule has 0 aromatic heterocycles. The Bertz CT molecular complexity index is 308. The number of carbonyl (C=O) groups is 1. The van der Waals surface area contributed by atoms with Gasteiger partial charge in [-0.3, -0.25) is 0 Å². The van der Waals surface area contributed by atoms with Gasteiger partial charge >= 0.3 is 5.97 Å². The molecule has 78 valence electrons. The molecule has 1 N–H and O–H groups in total. The van der Waals surface area contributed by atoms with Crippen LogP contribution in [-0.4, -0.2) is 11.1 Å². The van der Waals surface area contributed by atoms with Gasteiger partial charge in [-0.1, -0.05) is 26.8 Å². The highest BCUT2D eigenvalue weighted by Gasteiger charge is 2.09. The summed E-state index contributed by atoms with van der Waals surface area (Å²) < 4.78 is 12.9. The summed E-state index contributed by atoms with van der Waals surface area (Å²) >= 11 is 0. The fraction of sp³-hybridized carbons (Fsp3) is 0.364. The van der Waals surface area contributed by atoms with Crippen molar-refractivity contribution >= 4 is 5.97 Å². The Morgan fingerprint density at radius 1 is 1.43 bits per heavy atom. The second kappa shape index (κ2) is 6.13. The van der Waals surface area contributed by atoms with Gasteiger partial charge in [-0.25, -0.2) is 9.18 Å². The quantitative estimate of drug-likeness (QED) is 0.792. The zero-order valence-corrected chi connectivity index (χ0v) is 8.67. The molecule has 3 heteroatoms. The fourth-order valence-corrected chi connectivity index (χ4v) is 0.952. The molecule has 0 saturated heterocycles. The van der Waals surface area contributed by atoms with Crippen LogP contribution in [0.5, 0.6) is 0 Å². The topological polar surface area (TPSA) is 37.3 Å². The van der Waals surface area contributed by atoms with Gasteiger partial charge in [0.1, 0.15) is 5.82 Å². The summed E-state index contributed by atoms with van der Waals surface area (Å²) in [6, 6.07) is 4.16. The van der Waals surface area contributed by atoms with Crippen LogP contribution in [0.2, 0.25) is 0 Å². The minimum atomic E-state index is -1.23. The second-order valence-electron chi connectivity index (χ2n) is 2.47. The van der Waals surface area contributed by atoms with Gasteiger partial charge in [-0.15, -0.1) is 0 Å². The van der Waals surface area contributed by atoms with Crippen LogP contribution in [0.25, 0.3) is 0 Å². The predicted molar refractivity (Wildman–Crippen MR) is 54.1 cm³/mol. The molecule has 0 atom stereocenters. The molecule has 0 heterocycles. The SMILES string of the molecule is CC.CCc1ccc(C(=O)O)c(F)c1. The minimum absolute atomic E-state index is 0.271. The number of hydrogen-bond donors (Lipinski definition) is 1. The lowest BCUT2D eigenvalue weighted by molar-refractivity contribution is 0.0692. The molecule has 0 aliphatic rings. The van der Waals surface area contributed by atoms with Gasteiger partial charge in [-0.05, 0) is 24.1 Å². The third-order valence-corrected chi connectivity index (χ3v) is 1.67. The van der Waals surface area contributed by atoms with Gasteiger partial charge in [-0.2, -0.15) is 0 Å². The van der Waals surface area contributed by atoms with Crippen LogP contribution < -0.4 is 0 Å². The average Bonchev–Trinajstić information content (AvgIpc) is 2.20. The largest absolute Gasteiger partial charge is 0.478 e. The van der Waals surface area contributed by atoms with Crippen molar-refractivity contribution in [1.82, 2.24) is 0 Å². The van der Waals surface area contributed by atoms with E-state index in [1.807, 2.05) is 20.8 Å². The molecular weight excluding hydrogens is 183 g/mol. The Labute approximate surface area is 83.4 Å². The number of rotatable bonds is 2. The van der Waals surface area contributed by atoms with Gasteiger partial charge in [0.15, 0.2) is 0 Å². The van der Waals surface area contributed by atoms with Crippen LogP contribution in [0.3, 0.4) is 0 Å². The fourth-order valence-electron chi connectivity index (χ4n) is 0.952. The molecule has 0 unspecified atom stereocenters. The summed E-state index contributed by atoms with van der Waals surface area (Å²) in [6.07, 6.45) is 0.705. The zero-order chi connectivity index (χ0) is 11.1.